The van der Waals surface area contributed by atoms with Crippen molar-refractivity contribution in [2.75, 3.05) is 20.2 Å². The van der Waals surface area contributed by atoms with E-state index in [4.69, 9.17) is 4.74 Å². The predicted molar refractivity (Wildman–Crippen MR) is 48.8 cm³/mol. The Labute approximate surface area is 87.1 Å². The maximum absolute atomic E-state index is 11.3. The highest BCUT2D eigenvalue weighted by molar-refractivity contribution is 5.84. The Hall–Kier alpha value is -1.59. The number of carbonyl (C=O) groups excluding carboxylic acids is 3. The number of carbonyl (C=O) groups is 3. The molecule has 0 spiro atoms. The van der Waals surface area contributed by atoms with E-state index in [2.05, 4.69) is 4.74 Å². The molecule has 1 rings (SSSR count). The molecule has 0 aliphatic carbocycles. The van der Waals surface area contributed by atoms with Crippen molar-refractivity contribution in [3.63, 3.8) is 0 Å². The van der Waals surface area contributed by atoms with Crippen LogP contribution in [0.15, 0.2) is 0 Å². The lowest BCUT2D eigenvalue weighted by Gasteiger charge is -2.14. The zero-order chi connectivity index (χ0) is 11.4. The van der Waals surface area contributed by atoms with Gasteiger partial charge >= 0.3 is 11.9 Å². The Morgan fingerprint density at radius 1 is 1.53 bits per heavy atom. The van der Waals surface area contributed by atoms with Crippen LogP contribution in [0.25, 0.3) is 0 Å². The Kier molecular flexibility index (Phi) is 3.65. The monoisotopic (exact) mass is 215 g/mol. The Bertz CT molecular complexity index is 288. The summed E-state index contributed by atoms with van der Waals surface area (Å²) in [6.45, 7) is 1.45. The third-order valence-electron chi connectivity index (χ3n) is 2.06. The minimum atomic E-state index is -0.480. The van der Waals surface area contributed by atoms with E-state index in [0.29, 0.717) is 0 Å². The molecule has 6 nitrogen and oxygen atoms in total. The predicted octanol–water partition coefficient (Wildman–Crippen LogP) is -0.677. The summed E-state index contributed by atoms with van der Waals surface area (Å²) in [5, 5.41) is 0. The van der Waals surface area contributed by atoms with Crippen molar-refractivity contribution in [1.82, 2.24) is 4.90 Å². The van der Waals surface area contributed by atoms with Crippen LogP contribution in [0.2, 0.25) is 0 Å². The highest BCUT2D eigenvalue weighted by Crippen LogP contribution is 2.14. The van der Waals surface area contributed by atoms with Crippen LogP contribution in [0.3, 0.4) is 0 Å². The zero-order valence-corrected chi connectivity index (χ0v) is 8.69. The quantitative estimate of drug-likeness (QED) is 0.583. The molecule has 1 heterocycles. The third kappa shape index (κ3) is 3.23. The summed E-state index contributed by atoms with van der Waals surface area (Å²) in [4.78, 5) is 34.2. The number of nitrogens with zero attached hydrogens (tertiary/aromatic N) is 1. The number of amides is 1. The number of rotatable bonds is 3. The number of hydrogen-bond donors (Lipinski definition) is 0. The molecule has 0 aromatic heterocycles. The number of hydrogen-bond acceptors (Lipinski definition) is 5. The average molecular weight is 215 g/mol. The standard InChI is InChI=1S/C9H13NO5/c1-6(11)15-7-3-8(12)10(4-7)5-9(13)14-2/h7H,3-5H2,1-2H3/t7-/m1/s1. The van der Waals surface area contributed by atoms with E-state index in [1.165, 1.54) is 18.9 Å². The minimum absolute atomic E-state index is 0.0902. The van der Waals surface area contributed by atoms with Crippen molar-refractivity contribution < 1.29 is 23.9 Å². The molecule has 1 fully saturated rings. The number of esters is 2. The van der Waals surface area contributed by atoms with E-state index in [9.17, 15) is 14.4 Å². The van der Waals surface area contributed by atoms with Gasteiger partial charge in [-0.1, -0.05) is 0 Å². The minimum Gasteiger partial charge on any atom is -0.468 e. The van der Waals surface area contributed by atoms with Gasteiger partial charge in [0.25, 0.3) is 0 Å². The van der Waals surface area contributed by atoms with Crippen molar-refractivity contribution in [3.8, 4) is 0 Å². The highest BCUT2D eigenvalue weighted by Gasteiger charge is 2.32. The molecular formula is C9H13NO5. The molecule has 84 valence electrons. The summed E-state index contributed by atoms with van der Waals surface area (Å²) in [6, 6.07) is 0. The Morgan fingerprint density at radius 2 is 2.20 bits per heavy atom. The van der Waals surface area contributed by atoms with Crippen LogP contribution in [-0.2, 0) is 23.9 Å². The van der Waals surface area contributed by atoms with Crippen molar-refractivity contribution in [1.29, 1.82) is 0 Å². The van der Waals surface area contributed by atoms with Crippen molar-refractivity contribution in [3.05, 3.63) is 0 Å². The summed E-state index contributed by atoms with van der Waals surface area (Å²) in [5.74, 6) is -1.11. The molecule has 1 amide bonds. The number of methoxy groups -OCH3 is 1. The fourth-order valence-electron chi connectivity index (χ4n) is 1.42. The lowest BCUT2D eigenvalue weighted by atomic mass is 10.3. The van der Waals surface area contributed by atoms with Crippen LogP contribution >= 0.6 is 0 Å². The van der Waals surface area contributed by atoms with Gasteiger partial charge in [-0.15, -0.1) is 0 Å². The summed E-state index contributed by atoms with van der Waals surface area (Å²) in [5.41, 5.74) is 0. The molecule has 1 saturated heterocycles. The lowest BCUT2D eigenvalue weighted by molar-refractivity contribution is -0.145. The van der Waals surface area contributed by atoms with Gasteiger partial charge < -0.3 is 14.4 Å². The maximum atomic E-state index is 11.3. The molecule has 0 aromatic carbocycles. The van der Waals surface area contributed by atoms with E-state index in [1.807, 2.05) is 0 Å². The van der Waals surface area contributed by atoms with Crippen molar-refractivity contribution in [2.24, 2.45) is 0 Å². The van der Waals surface area contributed by atoms with Crippen molar-refractivity contribution in [2.45, 2.75) is 19.4 Å². The van der Waals surface area contributed by atoms with Gasteiger partial charge in [-0.05, 0) is 0 Å². The highest BCUT2D eigenvalue weighted by atomic mass is 16.5. The molecule has 1 atom stereocenters. The van der Waals surface area contributed by atoms with Crippen LogP contribution in [0, 0.1) is 0 Å². The normalized spacial score (nSPS) is 20.3. The van der Waals surface area contributed by atoms with E-state index < -0.39 is 18.0 Å². The molecule has 0 N–H and O–H groups in total. The first-order chi connectivity index (χ1) is 7.02. The van der Waals surface area contributed by atoms with Gasteiger partial charge in [0.1, 0.15) is 12.6 Å². The summed E-state index contributed by atoms with van der Waals surface area (Å²) >= 11 is 0. The van der Waals surface area contributed by atoms with E-state index in [0.717, 1.165) is 0 Å². The second-order valence-corrected chi connectivity index (χ2v) is 3.29. The molecular weight excluding hydrogens is 202 g/mol. The summed E-state index contributed by atoms with van der Waals surface area (Å²) < 4.78 is 9.31. The molecule has 0 radical (unpaired) electrons. The van der Waals surface area contributed by atoms with Gasteiger partial charge in [-0.2, -0.15) is 0 Å². The fourth-order valence-corrected chi connectivity index (χ4v) is 1.42. The van der Waals surface area contributed by atoms with Crippen LogP contribution in [0.4, 0.5) is 0 Å². The van der Waals surface area contributed by atoms with Gasteiger partial charge in [0.15, 0.2) is 0 Å². The fraction of sp³-hybridized carbons (Fsp3) is 0.667. The Morgan fingerprint density at radius 3 is 2.73 bits per heavy atom. The zero-order valence-electron chi connectivity index (χ0n) is 8.69. The second-order valence-electron chi connectivity index (χ2n) is 3.29. The number of likely N-dealkylation sites (tertiary alicyclic amines) is 1. The smallest absolute Gasteiger partial charge is 0.325 e. The molecule has 0 bridgehead atoms. The lowest BCUT2D eigenvalue weighted by Crippen LogP contribution is -2.32. The van der Waals surface area contributed by atoms with Crippen LogP contribution in [0.5, 0.6) is 0 Å². The van der Waals surface area contributed by atoms with Crippen LogP contribution in [-0.4, -0.2) is 49.0 Å². The third-order valence-corrected chi connectivity index (χ3v) is 2.06. The van der Waals surface area contributed by atoms with Crippen LogP contribution in [0.1, 0.15) is 13.3 Å². The largest absolute Gasteiger partial charge is 0.468 e. The number of ether oxygens (including phenoxy) is 2. The van der Waals surface area contributed by atoms with Gasteiger partial charge in [-0.3, -0.25) is 14.4 Å². The first-order valence-corrected chi connectivity index (χ1v) is 4.54. The maximum Gasteiger partial charge on any atom is 0.325 e. The second kappa shape index (κ2) is 4.77. The molecule has 6 heteroatoms. The molecule has 0 unspecified atom stereocenters. The summed E-state index contributed by atoms with van der Waals surface area (Å²) in [6.07, 6.45) is -0.309. The molecule has 0 aromatic rings. The molecule has 15 heavy (non-hydrogen) atoms. The summed E-state index contributed by atoms with van der Waals surface area (Å²) in [7, 11) is 1.26. The van der Waals surface area contributed by atoms with Gasteiger partial charge in [-0.25, -0.2) is 0 Å². The van der Waals surface area contributed by atoms with Gasteiger partial charge in [0.2, 0.25) is 5.91 Å². The molecule has 1 aliphatic rings. The molecule has 0 saturated carbocycles. The van der Waals surface area contributed by atoms with Gasteiger partial charge in [0, 0.05) is 6.92 Å². The van der Waals surface area contributed by atoms with Crippen LogP contribution < -0.4 is 0 Å². The average Bonchev–Trinajstić information content (AvgIpc) is 2.45. The van der Waals surface area contributed by atoms with E-state index in [-0.39, 0.29) is 25.4 Å². The van der Waals surface area contributed by atoms with E-state index in [1.54, 1.807) is 0 Å². The van der Waals surface area contributed by atoms with E-state index >= 15 is 0 Å². The van der Waals surface area contributed by atoms with Gasteiger partial charge in [0.05, 0.1) is 20.1 Å². The Balaban J connectivity index is 2.45. The first-order valence-electron chi connectivity index (χ1n) is 4.54. The molecule has 1 aliphatic heterocycles. The topological polar surface area (TPSA) is 72.9 Å². The SMILES string of the molecule is COC(=O)CN1C[C@H](OC(C)=O)CC1=O. The van der Waals surface area contributed by atoms with Crippen molar-refractivity contribution >= 4 is 17.8 Å². The first kappa shape index (κ1) is 11.5.